The molecule has 1 unspecified atom stereocenters. The summed E-state index contributed by atoms with van der Waals surface area (Å²) in [7, 11) is 0. The molecule has 1 aliphatic heterocycles. The van der Waals surface area contributed by atoms with Crippen LogP contribution in [0.15, 0.2) is 28.5 Å². The van der Waals surface area contributed by atoms with E-state index in [1.807, 2.05) is 0 Å². The van der Waals surface area contributed by atoms with Crippen LogP contribution in [0.1, 0.15) is 51.1 Å². The minimum absolute atomic E-state index is 0.0156. The quantitative estimate of drug-likeness (QED) is 0.314. The van der Waals surface area contributed by atoms with E-state index in [2.05, 4.69) is 30.6 Å². The fraction of sp³-hybridized carbons (Fsp3) is 0.600. The van der Waals surface area contributed by atoms with Gasteiger partial charge in [-0.3, -0.25) is 4.90 Å². The number of carbonyl (C=O) groups excluding carboxylic acids is 1. The zero-order chi connectivity index (χ0) is 19.3. The van der Waals surface area contributed by atoms with Crippen LogP contribution in [0.5, 0.6) is 0 Å². The Morgan fingerprint density at radius 2 is 2.41 bits per heavy atom. The number of hydrogen-bond acceptors (Lipinski definition) is 6. The van der Waals surface area contributed by atoms with Crippen molar-refractivity contribution in [3.63, 3.8) is 0 Å². The summed E-state index contributed by atoms with van der Waals surface area (Å²) in [5.74, 6) is 0.724. The van der Waals surface area contributed by atoms with Gasteiger partial charge in [0.25, 0.3) is 0 Å². The van der Waals surface area contributed by atoms with Crippen molar-refractivity contribution in [3.05, 3.63) is 29.8 Å². The molecular weight excluding hydrogens is 380 g/mol. The van der Waals surface area contributed by atoms with Gasteiger partial charge in [-0.25, -0.2) is 9.78 Å². The largest absolute Gasteiger partial charge is 0.506 e. The molecule has 0 radical (unpaired) electrons. The predicted molar refractivity (Wildman–Crippen MR) is 111 cm³/mol. The van der Waals surface area contributed by atoms with Crippen LogP contribution in [0.25, 0.3) is 5.76 Å². The summed E-state index contributed by atoms with van der Waals surface area (Å²) in [4.78, 5) is 18.1. The normalized spacial score (nSPS) is 21.4. The Kier molecular flexibility index (Phi) is 6.87. The second-order valence-corrected chi connectivity index (χ2v) is 9.51. The number of ether oxygens (including phenoxy) is 1. The fourth-order valence-electron chi connectivity index (χ4n) is 3.67. The number of carbonyl (C=O) groups is 1. The number of rotatable bonds is 10. The number of nitrogens with zero attached hydrogens (tertiary/aromatic N) is 2. The van der Waals surface area contributed by atoms with Crippen molar-refractivity contribution in [2.24, 2.45) is 5.41 Å². The summed E-state index contributed by atoms with van der Waals surface area (Å²) < 4.78 is 6.10. The lowest BCUT2D eigenvalue weighted by molar-refractivity contribution is 0.115. The van der Waals surface area contributed by atoms with Gasteiger partial charge in [0.1, 0.15) is 18.1 Å². The second kappa shape index (κ2) is 9.15. The molecule has 1 atom stereocenters. The van der Waals surface area contributed by atoms with E-state index in [1.54, 1.807) is 22.0 Å². The molecule has 1 aromatic heterocycles. The van der Waals surface area contributed by atoms with Gasteiger partial charge >= 0.3 is 6.09 Å². The van der Waals surface area contributed by atoms with Crippen LogP contribution in [-0.4, -0.2) is 46.0 Å². The van der Waals surface area contributed by atoms with Crippen molar-refractivity contribution in [3.8, 4) is 0 Å². The van der Waals surface area contributed by atoms with Crippen LogP contribution >= 0.6 is 23.1 Å². The summed E-state index contributed by atoms with van der Waals surface area (Å²) >= 11 is 3.05. The van der Waals surface area contributed by atoms with E-state index >= 15 is 0 Å². The van der Waals surface area contributed by atoms with Crippen molar-refractivity contribution in [2.45, 2.75) is 55.8 Å². The Labute approximate surface area is 169 Å². The number of aromatic nitrogens is 1. The molecule has 27 heavy (non-hydrogen) atoms. The molecule has 0 aromatic carbocycles. The number of cyclic esters (lactones) is 1. The lowest BCUT2D eigenvalue weighted by Gasteiger charge is -2.41. The highest BCUT2D eigenvalue weighted by Crippen LogP contribution is 2.47. The van der Waals surface area contributed by atoms with E-state index in [0.717, 1.165) is 16.5 Å². The van der Waals surface area contributed by atoms with E-state index in [4.69, 9.17) is 4.74 Å². The molecule has 1 aliphatic carbocycles. The van der Waals surface area contributed by atoms with Crippen LogP contribution < -0.4 is 0 Å². The molecule has 7 heteroatoms. The highest BCUT2D eigenvalue weighted by molar-refractivity contribution is 8.01. The topological polar surface area (TPSA) is 62.7 Å². The minimum Gasteiger partial charge on any atom is -0.506 e. The van der Waals surface area contributed by atoms with Crippen molar-refractivity contribution < 1.29 is 14.6 Å². The van der Waals surface area contributed by atoms with Gasteiger partial charge in [-0.2, -0.15) is 0 Å². The molecule has 2 aliphatic rings. The summed E-state index contributed by atoms with van der Waals surface area (Å²) in [5.41, 5.74) is 1.09. The Morgan fingerprint density at radius 3 is 3.04 bits per heavy atom. The highest BCUT2D eigenvalue weighted by Gasteiger charge is 2.34. The molecule has 2 fully saturated rings. The number of aliphatic hydroxyl groups is 1. The van der Waals surface area contributed by atoms with E-state index < -0.39 is 0 Å². The third-order valence-corrected chi connectivity index (χ3v) is 7.71. The number of aliphatic hydroxyl groups excluding tert-OH is 1. The molecule has 0 spiro atoms. The second-order valence-electron chi connectivity index (χ2n) is 7.31. The van der Waals surface area contributed by atoms with Gasteiger partial charge in [0.05, 0.1) is 6.04 Å². The fourth-order valence-corrected chi connectivity index (χ4v) is 5.51. The monoisotopic (exact) mass is 408 g/mol. The van der Waals surface area contributed by atoms with Gasteiger partial charge in [0.15, 0.2) is 4.34 Å². The zero-order valence-electron chi connectivity index (χ0n) is 15.9. The van der Waals surface area contributed by atoms with E-state index in [0.29, 0.717) is 24.3 Å². The number of amides is 1. The molecule has 2 heterocycles. The summed E-state index contributed by atoms with van der Waals surface area (Å²) in [6.45, 7) is 6.83. The maximum atomic E-state index is 12.0. The Morgan fingerprint density at radius 1 is 1.59 bits per heavy atom. The third kappa shape index (κ3) is 5.08. The molecule has 3 rings (SSSR count). The molecule has 1 saturated carbocycles. The van der Waals surface area contributed by atoms with Crippen LogP contribution in [0.3, 0.4) is 0 Å². The SMILES string of the molecule is C=C(O)c1csc(SCCN2C(=O)OCC2/C=C/CCC2(CC)CCC2)n1. The Hall–Kier alpha value is -1.47. The van der Waals surface area contributed by atoms with Crippen LogP contribution in [-0.2, 0) is 4.74 Å². The van der Waals surface area contributed by atoms with Crippen molar-refractivity contribution in [1.82, 2.24) is 9.88 Å². The first kappa shape index (κ1) is 20.3. The minimum atomic E-state index is -0.238. The van der Waals surface area contributed by atoms with Crippen LogP contribution in [0.4, 0.5) is 4.79 Å². The first-order valence-electron chi connectivity index (χ1n) is 9.60. The maximum absolute atomic E-state index is 12.0. The lowest BCUT2D eigenvalue weighted by Crippen LogP contribution is -2.34. The standard InChI is InChI=1S/C20H28N2O3S2/c1-3-20(9-6-10-20)8-5-4-7-16-13-25-19(24)22(16)11-12-26-18-21-17(14-27-18)15(2)23/h4,7,14,16,23H,2-3,5-6,8-13H2,1H3/b7-4+. The zero-order valence-corrected chi connectivity index (χ0v) is 17.5. The smallest absolute Gasteiger partial charge is 0.410 e. The van der Waals surface area contributed by atoms with E-state index in [-0.39, 0.29) is 17.9 Å². The molecular formula is C20H28N2O3S2. The van der Waals surface area contributed by atoms with Gasteiger partial charge in [0.2, 0.25) is 0 Å². The maximum Gasteiger partial charge on any atom is 0.410 e. The van der Waals surface area contributed by atoms with Gasteiger partial charge < -0.3 is 9.84 Å². The van der Waals surface area contributed by atoms with Gasteiger partial charge in [0, 0.05) is 17.7 Å². The Bertz CT molecular complexity index is 692. The number of hydrogen-bond donors (Lipinski definition) is 1. The molecule has 148 valence electrons. The van der Waals surface area contributed by atoms with Crippen molar-refractivity contribution >= 4 is 35.0 Å². The average molecular weight is 409 g/mol. The van der Waals surface area contributed by atoms with Crippen molar-refractivity contribution in [1.29, 1.82) is 0 Å². The van der Waals surface area contributed by atoms with Gasteiger partial charge in [-0.1, -0.05) is 50.3 Å². The molecule has 1 amide bonds. The molecule has 1 saturated heterocycles. The predicted octanol–water partition coefficient (Wildman–Crippen LogP) is 5.50. The van der Waals surface area contributed by atoms with Gasteiger partial charge in [-0.15, -0.1) is 11.3 Å². The van der Waals surface area contributed by atoms with E-state index in [9.17, 15) is 9.90 Å². The first-order chi connectivity index (χ1) is 13.0. The lowest BCUT2D eigenvalue weighted by atomic mass is 9.64. The first-order valence-corrected chi connectivity index (χ1v) is 11.5. The van der Waals surface area contributed by atoms with E-state index in [1.165, 1.54) is 43.4 Å². The molecule has 1 aromatic rings. The Balaban J connectivity index is 1.44. The average Bonchev–Trinajstić information content (AvgIpc) is 3.22. The molecule has 0 bridgehead atoms. The third-order valence-electron chi connectivity index (χ3n) is 5.71. The number of thiazole rings is 1. The summed E-state index contributed by atoms with van der Waals surface area (Å²) in [6, 6.07) is 0.0288. The van der Waals surface area contributed by atoms with Gasteiger partial charge in [-0.05, 0) is 31.1 Å². The summed E-state index contributed by atoms with van der Waals surface area (Å²) in [5, 5.41) is 11.1. The molecule has 1 N–H and O–H groups in total. The van der Waals surface area contributed by atoms with Crippen LogP contribution in [0, 0.1) is 5.41 Å². The van der Waals surface area contributed by atoms with Crippen LogP contribution in [0.2, 0.25) is 0 Å². The van der Waals surface area contributed by atoms with Crippen molar-refractivity contribution in [2.75, 3.05) is 18.9 Å². The highest BCUT2D eigenvalue weighted by atomic mass is 32.2. The number of thioether (sulfide) groups is 1. The number of allylic oxidation sites excluding steroid dienone is 1. The molecule has 5 nitrogen and oxygen atoms in total. The summed E-state index contributed by atoms with van der Waals surface area (Å²) in [6.07, 6.45) is 11.8.